The average Bonchev–Trinajstić information content (AvgIpc) is 2.80. The van der Waals surface area contributed by atoms with Crippen molar-refractivity contribution in [2.75, 3.05) is 34.3 Å². The lowest BCUT2D eigenvalue weighted by Gasteiger charge is -2.22. The first-order chi connectivity index (χ1) is 16.8. The van der Waals surface area contributed by atoms with Crippen LogP contribution >= 0.6 is 23.2 Å². The van der Waals surface area contributed by atoms with Gasteiger partial charge in [-0.3, -0.25) is 13.8 Å². The van der Waals surface area contributed by atoms with Gasteiger partial charge in [0.2, 0.25) is 15.9 Å². The molecule has 3 rings (SSSR count). The van der Waals surface area contributed by atoms with Crippen LogP contribution in [0.2, 0.25) is 10.0 Å². The topological polar surface area (TPSA) is 122 Å². The molecule has 2 N–H and O–H groups in total. The lowest BCUT2D eigenvalue weighted by atomic mass is 10.2. The summed E-state index contributed by atoms with van der Waals surface area (Å²) in [5, 5.41) is 3.17. The molecule has 0 spiro atoms. The van der Waals surface area contributed by atoms with Gasteiger partial charge in [-0.05, 0) is 67.1 Å². The Labute approximate surface area is 220 Å². The highest BCUT2D eigenvalue weighted by molar-refractivity contribution is 7.92. The summed E-state index contributed by atoms with van der Waals surface area (Å²) in [6, 6.07) is 14.6. The largest absolute Gasteiger partial charge is 0.495 e. The second-order valence-corrected chi connectivity index (χ2v) is 12.1. The minimum atomic E-state index is -3.91. The summed E-state index contributed by atoms with van der Waals surface area (Å²) in [6.45, 7) is 1.16. The molecule has 0 bridgehead atoms. The predicted octanol–water partition coefficient (Wildman–Crippen LogP) is 4.52. The maximum atomic E-state index is 12.7. The zero-order valence-corrected chi connectivity index (χ0v) is 22.6. The number of hydrogen-bond donors (Lipinski definition) is 2. The number of benzene rings is 3. The number of ether oxygens (including phenoxy) is 1. The van der Waals surface area contributed by atoms with Gasteiger partial charge in [0.25, 0.3) is 10.0 Å². The van der Waals surface area contributed by atoms with Crippen LogP contribution in [0.1, 0.15) is 5.56 Å². The Morgan fingerprint density at radius 1 is 0.972 bits per heavy atom. The van der Waals surface area contributed by atoms with Crippen molar-refractivity contribution in [3.8, 4) is 5.75 Å². The quantitative estimate of drug-likeness (QED) is 0.389. The second-order valence-electron chi connectivity index (χ2n) is 7.68. The second kappa shape index (κ2) is 11.0. The Kier molecular flexibility index (Phi) is 8.40. The molecule has 0 aliphatic carbocycles. The molecular formula is C23H23Cl2N3O6S2. The third-order valence-electron chi connectivity index (χ3n) is 5.07. The van der Waals surface area contributed by atoms with E-state index in [1.807, 2.05) is 0 Å². The number of sulfonamides is 2. The molecule has 1 amide bonds. The van der Waals surface area contributed by atoms with Crippen molar-refractivity contribution in [3.63, 3.8) is 0 Å². The van der Waals surface area contributed by atoms with Crippen molar-refractivity contribution in [1.29, 1.82) is 0 Å². The van der Waals surface area contributed by atoms with Crippen molar-refractivity contribution in [2.45, 2.75) is 11.8 Å². The van der Waals surface area contributed by atoms with E-state index < -0.39 is 32.5 Å². The molecule has 9 nitrogen and oxygen atoms in total. The number of carbonyl (C=O) groups is 1. The van der Waals surface area contributed by atoms with Crippen molar-refractivity contribution in [3.05, 3.63) is 76.3 Å². The number of nitrogens with zero attached hydrogens (tertiary/aromatic N) is 1. The number of halogens is 2. The number of carbonyl (C=O) groups excluding carboxylic acids is 1. The summed E-state index contributed by atoms with van der Waals surface area (Å²) >= 11 is 12.2. The van der Waals surface area contributed by atoms with E-state index in [1.54, 1.807) is 25.1 Å². The van der Waals surface area contributed by atoms with Gasteiger partial charge in [0, 0.05) is 10.7 Å². The van der Waals surface area contributed by atoms with Crippen LogP contribution in [0.25, 0.3) is 0 Å². The Hall–Kier alpha value is -2.99. The summed E-state index contributed by atoms with van der Waals surface area (Å²) in [5.41, 5.74) is 1.39. The zero-order valence-electron chi connectivity index (χ0n) is 19.4. The standard InChI is InChI=1S/C23H23Cl2N3O6S2/c1-15-19(24)5-4-6-21(15)27-36(32,33)18-10-7-16(8-11-18)26-23(29)14-28(35(3,30)31)17-9-12-22(34-2)20(25)13-17/h4-13,27H,14H2,1-3H3,(H,26,29). The molecular weight excluding hydrogens is 549 g/mol. The summed E-state index contributed by atoms with van der Waals surface area (Å²) < 4.78 is 58.6. The number of hydrogen-bond acceptors (Lipinski definition) is 6. The molecule has 3 aromatic carbocycles. The number of amides is 1. The van der Waals surface area contributed by atoms with E-state index in [0.717, 1.165) is 10.6 Å². The van der Waals surface area contributed by atoms with Gasteiger partial charge in [-0.25, -0.2) is 16.8 Å². The highest BCUT2D eigenvalue weighted by Crippen LogP contribution is 2.30. The number of anilines is 3. The molecule has 3 aromatic rings. The maximum Gasteiger partial charge on any atom is 0.261 e. The Balaban J connectivity index is 1.74. The van der Waals surface area contributed by atoms with Gasteiger partial charge < -0.3 is 10.1 Å². The summed E-state index contributed by atoms with van der Waals surface area (Å²) in [6.07, 6.45) is 0.965. The highest BCUT2D eigenvalue weighted by Gasteiger charge is 2.22. The van der Waals surface area contributed by atoms with Gasteiger partial charge >= 0.3 is 0 Å². The molecule has 0 atom stereocenters. The fraction of sp³-hybridized carbons (Fsp3) is 0.174. The summed E-state index contributed by atoms with van der Waals surface area (Å²) in [5.74, 6) is -0.288. The molecule has 192 valence electrons. The van der Waals surface area contributed by atoms with Crippen LogP contribution in [0.15, 0.2) is 65.6 Å². The molecule has 0 fully saturated rings. The molecule has 36 heavy (non-hydrogen) atoms. The predicted molar refractivity (Wildman–Crippen MR) is 142 cm³/mol. The number of methoxy groups -OCH3 is 1. The van der Waals surface area contributed by atoms with E-state index >= 15 is 0 Å². The molecule has 0 aromatic heterocycles. The fourth-order valence-electron chi connectivity index (χ4n) is 3.18. The van der Waals surface area contributed by atoms with Gasteiger partial charge in [0.1, 0.15) is 12.3 Å². The lowest BCUT2D eigenvalue weighted by Crippen LogP contribution is -2.37. The zero-order chi connectivity index (χ0) is 26.7. The fourth-order valence-corrected chi connectivity index (χ4v) is 5.58. The summed E-state index contributed by atoms with van der Waals surface area (Å²) in [7, 11) is -6.32. The van der Waals surface area contributed by atoms with E-state index in [2.05, 4.69) is 10.0 Å². The first-order valence-corrected chi connectivity index (χ1v) is 14.4. The highest BCUT2D eigenvalue weighted by atomic mass is 35.5. The Morgan fingerprint density at radius 2 is 1.64 bits per heavy atom. The maximum absolute atomic E-state index is 12.7. The van der Waals surface area contributed by atoms with E-state index in [9.17, 15) is 21.6 Å². The SMILES string of the molecule is COc1ccc(N(CC(=O)Nc2ccc(S(=O)(=O)Nc3cccc(Cl)c3C)cc2)S(C)(=O)=O)cc1Cl. The third-order valence-corrected chi connectivity index (χ3v) is 8.30. The summed E-state index contributed by atoms with van der Waals surface area (Å²) in [4.78, 5) is 12.6. The van der Waals surface area contributed by atoms with E-state index in [1.165, 1.54) is 49.6 Å². The number of nitrogens with one attached hydrogen (secondary N) is 2. The van der Waals surface area contributed by atoms with Crippen LogP contribution in [-0.4, -0.2) is 42.7 Å². The molecule has 0 aliphatic rings. The molecule has 0 radical (unpaired) electrons. The molecule has 0 saturated heterocycles. The van der Waals surface area contributed by atoms with Crippen LogP contribution in [0.5, 0.6) is 5.75 Å². The normalized spacial score (nSPS) is 11.6. The van der Waals surface area contributed by atoms with E-state index in [-0.39, 0.29) is 21.3 Å². The van der Waals surface area contributed by atoms with Gasteiger partial charge in [-0.15, -0.1) is 0 Å². The third kappa shape index (κ3) is 6.61. The van der Waals surface area contributed by atoms with Gasteiger partial charge in [-0.1, -0.05) is 29.3 Å². The monoisotopic (exact) mass is 571 g/mol. The van der Waals surface area contributed by atoms with Gasteiger partial charge in [-0.2, -0.15) is 0 Å². The first-order valence-electron chi connectivity index (χ1n) is 10.3. The average molecular weight is 572 g/mol. The smallest absolute Gasteiger partial charge is 0.261 e. The molecule has 0 aliphatic heterocycles. The van der Waals surface area contributed by atoms with Gasteiger partial charge in [0.15, 0.2) is 0 Å². The molecule has 0 unspecified atom stereocenters. The first kappa shape index (κ1) is 27.6. The molecule has 0 heterocycles. The molecule has 13 heteroatoms. The lowest BCUT2D eigenvalue weighted by molar-refractivity contribution is -0.114. The Morgan fingerprint density at radius 3 is 2.22 bits per heavy atom. The van der Waals surface area contributed by atoms with Crippen LogP contribution in [0.4, 0.5) is 17.1 Å². The van der Waals surface area contributed by atoms with Crippen LogP contribution in [-0.2, 0) is 24.8 Å². The van der Waals surface area contributed by atoms with Crippen LogP contribution in [0.3, 0.4) is 0 Å². The van der Waals surface area contributed by atoms with E-state index in [4.69, 9.17) is 27.9 Å². The minimum Gasteiger partial charge on any atom is -0.495 e. The van der Waals surface area contributed by atoms with Crippen molar-refractivity contribution >= 4 is 66.2 Å². The van der Waals surface area contributed by atoms with Crippen molar-refractivity contribution in [2.24, 2.45) is 0 Å². The van der Waals surface area contributed by atoms with Crippen molar-refractivity contribution < 1.29 is 26.4 Å². The van der Waals surface area contributed by atoms with Crippen LogP contribution < -0.4 is 19.1 Å². The number of rotatable bonds is 9. The van der Waals surface area contributed by atoms with Crippen molar-refractivity contribution in [1.82, 2.24) is 0 Å². The molecule has 0 saturated carbocycles. The van der Waals surface area contributed by atoms with E-state index in [0.29, 0.717) is 22.0 Å². The Bertz CT molecular complexity index is 1490. The van der Waals surface area contributed by atoms with Gasteiger partial charge in [0.05, 0.1) is 34.7 Å². The minimum absolute atomic E-state index is 0.0366. The van der Waals surface area contributed by atoms with Crippen LogP contribution in [0, 0.1) is 6.92 Å².